The molecule has 1 saturated heterocycles. The number of allylic oxidation sites excluding steroid dienone is 1. The SMILES string of the molecule is C/C(=C1/C(=O)Nc2cc(-c3ccccc3)ccc21)c1cc2cc(OCCC3CCCN3)ccc2[nH]1. The van der Waals surface area contributed by atoms with Crippen LogP contribution in [-0.2, 0) is 4.79 Å². The van der Waals surface area contributed by atoms with E-state index in [0.29, 0.717) is 18.2 Å². The first-order valence-corrected chi connectivity index (χ1v) is 12.4. The lowest BCUT2D eigenvalue weighted by molar-refractivity contribution is -0.110. The molecule has 0 spiro atoms. The van der Waals surface area contributed by atoms with E-state index in [-0.39, 0.29) is 5.91 Å². The van der Waals surface area contributed by atoms with Crippen LogP contribution in [0.5, 0.6) is 5.75 Å². The number of ether oxygens (including phenoxy) is 1. The molecule has 4 aromatic rings. The minimum atomic E-state index is -0.0640. The lowest BCUT2D eigenvalue weighted by Gasteiger charge is -2.11. The average Bonchev–Trinajstić information content (AvgIpc) is 3.62. The van der Waals surface area contributed by atoms with Crippen molar-refractivity contribution in [3.05, 3.63) is 84.1 Å². The van der Waals surface area contributed by atoms with Crippen LogP contribution in [0.2, 0.25) is 0 Å². The summed E-state index contributed by atoms with van der Waals surface area (Å²) in [4.78, 5) is 16.5. The highest BCUT2D eigenvalue weighted by Gasteiger charge is 2.27. The van der Waals surface area contributed by atoms with E-state index < -0.39 is 0 Å². The number of aromatic nitrogens is 1. The maximum absolute atomic E-state index is 13.0. The predicted molar refractivity (Wildman–Crippen MR) is 142 cm³/mol. The highest BCUT2D eigenvalue weighted by Crippen LogP contribution is 2.39. The molecule has 1 unspecified atom stereocenters. The smallest absolute Gasteiger partial charge is 0.256 e. The van der Waals surface area contributed by atoms with E-state index in [1.807, 2.05) is 37.3 Å². The first kappa shape index (κ1) is 21.7. The molecule has 1 amide bonds. The molecular formula is C30H29N3O2. The fourth-order valence-corrected chi connectivity index (χ4v) is 5.21. The highest BCUT2D eigenvalue weighted by atomic mass is 16.5. The van der Waals surface area contributed by atoms with Crippen molar-refractivity contribution in [1.29, 1.82) is 0 Å². The van der Waals surface area contributed by atoms with E-state index in [0.717, 1.165) is 63.3 Å². The Kier molecular flexibility index (Phi) is 5.63. The summed E-state index contributed by atoms with van der Waals surface area (Å²) in [5.41, 5.74) is 7.63. The molecule has 6 rings (SSSR count). The first-order chi connectivity index (χ1) is 17.2. The van der Waals surface area contributed by atoms with Crippen LogP contribution in [0.4, 0.5) is 5.69 Å². The lowest BCUT2D eigenvalue weighted by Crippen LogP contribution is -2.23. The monoisotopic (exact) mass is 463 g/mol. The minimum Gasteiger partial charge on any atom is -0.494 e. The van der Waals surface area contributed by atoms with Crippen LogP contribution in [0.25, 0.3) is 33.2 Å². The Morgan fingerprint density at radius 2 is 1.89 bits per heavy atom. The fourth-order valence-electron chi connectivity index (χ4n) is 5.21. The van der Waals surface area contributed by atoms with Crippen molar-refractivity contribution in [2.75, 3.05) is 18.5 Å². The third-order valence-corrected chi connectivity index (χ3v) is 7.14. The van der Waals surface area contributed by atoms with Gasteiger partial charge in [-0.25, -0.2) is 0 Å². The van der Waals surface area contributed by atoms with Crippen LogP contribution in [0.15, 0.2) is 72.8 Å². The molecule has 1 fully saturated rings. The summed E-state index contributed by atoms with van der Waals surface area (Å²) in [5, 5.41) is 7.65. The lowest BCUT2D eigenvalue weighted by atomic mass is 9.97. The number of rotatable bonds is 6. The number of hydrogen-bond acceptors (Lipinski definition) is 3. The van der Waals surface area contributed by atoms with Gasteiger partial charge in [0.25, 0.3) is 5.91 Å². The Morgan fingerprint density at radius 3 is 2.71 bits per heavy atom. The summed E-state index contributed by atoms with van der Waals surface area (Å²) in [5.74, 6) is 0.815. The van der Waals surface area contributed by atoms with Gasteiger partial charge in [0.1, 0.15) is 5.75 Å². The molecule has 5 nitrogen and oxygen atoms in total. The van der Waals surface area contributed by atoms with E-state index in [1.54, 1.807) is 0 Å². The van der Waals surface area contributed by atoms with Gasteiger partial charge in [0.05, 0.1) is 12.2 Å². The summed E-state index contributed by atoms with van der Waals surface area (Å²) in [6.45, 7) is 3.84. The Morgan fingerprint density at radius 1 is 1.00 bits per heavy atom. The fraction of sp³-hybridized carbons (Fsp3) is 0.233. The van der Waals surface area contributed by atoms with Crippen molar-refractivity contribution < 1.29 is 9.53 Å². The van der Waals surface area contributed by atoms with Crippen molar-refractivity contribution in [3.63, 3.8) is 0 Å². The van der Waals surface area contributed by atoms with Crippen LogP contribution in [-0.4, -0.2) is 30.1 Å². The molecule has 3 aromatic carbocycles. The van der Waals surface area contributed by atoms with Crippen molar-refractivity contribution in [3.8, 4) is 16.9 Å². The topological polar surface area (TPSA) is 66.2 Å². The number of anilines is 1. The van der Waals surface area contributed by atoms with Crippen LogP contribution in [0.1, 0.15) is 37.4 Å². The molecule has 2 aliphatic rings. The summed E-state index contributed by atoms with van der Waals surface area (Å²) in [6.07, 6.45) is 3.53. The molecule has 0 bridgehead atoms. The van der Waals surface area contributed by atoms with Gasteiger partial charge in [-0.1, -0.05) is 42.5 Å². The zero-order valence-corrected chi connectivity index (χ0v) is 19.9. The predicted octanol–water partition coefficient (Wildman–Crippen LogP) is 6.24. The van der Waals surface area contributed by atoms with Gasteiger partial charge in [0.15, 0.2) is 0 Å². The third kappa shape index (κ3) is 4.24. The Bertz CT molecular complexity index is 1430. The quantitative estimate of drug-likeness (QED) is 0.297. The van der Waals surface area contributed by atoms with E-state index >= 15 is 0 Å². The standard InChI is InChI=1S/C30H29N3O2/c1-19(29-25-11-9-21(17-28(25)33-30(29)34)20-6-3-2-4-7-20)27-18-22-16-24(10-12-26(22)32-27)35-15-13-23-8-5-14-31-23/h2-4,6-7,9-12,16-18,23,31-32H,5,8,13-15H2,1H3,(H,33,34)/b29-19-. The summed E-state index contributed by atoms with van der Waals surface area (Å²) >= 11 is 0. The van der Waals surface area contributed by atoms with Crippen LogP contribution < -0.4 is 15.4 Å². The van der Waals surface area contributed by atoms with Crippen molar-refractivity contribution in [2.45, 2.75) is 32.2 Å². The van der Waals surface area contributed by atoms with Gasteiger partial charge in [-0.3, -0.25) is 4.79 Å². The first-order valence-electron chi connectivity index (χ1n) is 12.4. The summed E-state index contributed by atoms with van der Waals surface area (Å²) in [7, 11) is 0. The van der Waals surface area contributed by atoms with Crippen LogP contribution >= 0.6 is 0 Å². The molecule has 2 aliphatic heterocycles. The molecular weight excluding hydrogens is 434 g/mol. The molecule has 35 heavy (non-hydrogen) atoms. The van der Waals surface area contributed by atoms with Gasteiger partial charge < -0.3 is 20.4 Å². The average molecular weight is 464 g/mol. The summed E-state index contributed by atoms with van der Waals surface area (Å²) in [6, 6.07) is 25.2. The van der Waals surface area contributed by atoms with Gasteiger partial charge in [0.2, 0.25) is 0 Å². The molecule has 3 N–H and O–H groups in total. The molecule has 0 saturated carbocycles. The van der Waals surface area contributed by atoms with Gasteiger partial charge in [-0.2, -0.15) is 0 Å². The van der Waals surface area contributed by atoms with Gasteiger partial charge in [-0.05, 0) is 79.8 Å². The number of nitrogens with one attached hydrogen (secondary N) is 3. The Balaban J connectivity index is 1.26. The number of H-pyrrole nitrogens is 1. The Labute approximate surface area is 205 Å². The second kappa shape index (κ2) is 9.08. The maximum Gasteiger partial charge on any atom is 0.256 e. The Hall–Kier alpha value is -3.83. The highest BCUT2D eigenvalue weighted by molar-refractivity contribution is 6.36. The molecule has 3 heterocycles. The third-order valence-electron chi connectivity index (χ3n) is 7.14. The number of amides is 1. The number of carbonyl (C=O) groups is 1. The van der Waals surface area contributed by atoms with Crippen LogP contribution in [0.3, 0.4) is 0 Å². The number of fused-ring (bicyclic) bond motifs is 2. The van der Waals surface area contributed by atoms with E-state index in [4.69, 9.17) is 4.74 Å². The van der Waals surface area contributed by atoms with Gasteiger partial charge in [-0.15, -0.1) is 0 Å². The number of aromatic amines is 1. The normalized spacial score (nSPS) is 18.5. The van der Waals surface area contributed by atoms with Crippen molar-refractivity contribution >= 4 is 33.6 Å². The second-order valence-electron chi connectivity index (χ2n) is 9.44. The molecule has 5 heteroatoms. The zero-order valence-electron chi connectivity index (χ0n) is 19.9. The molecule has 0 aliphatic carbocycles. The maximum atomic E-state index is 13.0. The molecule has 1 atom stereocenters. The minimum absolute atomic E-state index is 0.0640. The largest absolute Gasteiger partial charge is 0.494 e. The van der Waals surface area contributed by atoms with E-state index in [2.05, 4.69) is 58.1 Å². The second-order valence-corrected chi connectivity index (χ2v) is 9.44. The molecule has 176 valence electrons. The molecule has 1 aromatic heterocycles. The van der Waals surface area contributed by atoms with Crippen molar-refractivity contribution in [2.24, 2.45) is 0 Å². The van der Waals surface area contributed by atoms with Crippen molar-refractivity contribution in [1.82, 2.24) is 10.3 Å². The molecule has 0 radical (unpaired) electrons. The summed E-state index contributed by atoms with van der Waals surface area (Å²) < 4.78 is 6.03. The van der Waals surface area contributed by atoms with E-state index in [9.17, 15) is 4.79 Å². The van der Waals surface area contributed by atoms with Crippen LogP contribution in [0, 0.1) is 0 Å². The number of benzene rings is 3. The zero-order chi connectivity index (χ0) is 23.8. The number of hydrogen-bond donors (Lipinski definition) is 3. The van der Waals surface area contributed by atoms with E-state index in [1.165, 1.54) is 12.8 Å². The van der Waals surface area contributed by atoms with Gasteiger partial charge in [0, 0.05) is 33.9 Å². The van der Waals surface area contributed by atoms with Gasteiger partial charge >= 0.3 is 0 Å². The number of carbonyl (C=O) groups excluding carboxylic acids is 1.